The second kappa shape index (κ2) is 10.1. The number of hydrogen-bond donors (Lipinski definition) is 4. The smallest absolute Gasteiger partial charge is 0.118 e. The number of aliphatic hydroxyl groups excluding tert-OH is 4. The van der Waals surface area contributed by atoms with Crippen LogP contribution in [-0.4, -0.2) is 64.2 Å². The second-order valence-electron chi connectivity index (χ2n) is 8.58. The minimum atomic E-state index is -1.39. The lowest BCUT2D eigenvalue weighted by atomic mass is 9.89. The van der Waals surface area contributed by atoms with Crippen LogP contribution in [0.4, 0.5) is 0 Å². The van der Waals surface area contributed by atoms with Crippen LogP contribution in [0, 0.1) is 18.8 Å². The quantitative estimate of drug-likeness (QED) is 0.542. The van der Waals surface area contributed by atoms with Crippen molar-refractivity contribution < 1.29 is 29.9 Å². The van der Waals surface area contributed by atoms with Gasteiger partial charge in [-0.3, -0.25) is 0 Å². The lowest BCUT2D eigenvalue weighted by molar-refractivity contribution is -0.231. The fourth-order valence-electron chi connectivity index (χ4n) is 4.22. The van der Waals surface area contributed by atoms with Crippen LogP contribution in [0.25, 0.3) is 0 Å². The molecule has 2 fully saturated rings. The first-order chi connectivity index (χ1) is 15.5. The van der Waals surface area contributed by atoms with E-state index >= 15 is 0 Å². The Kier molecular flexibility index (Phi) is 7.27. The molecule has 0 unspecified atom stereocenters. The Labute approximate surface area is 188 Å². The molecule has 32 heavy (non-hydrogen) atoms. The van der Waals surface area contributed by atoms with Gasteiger partial charge >= 0.3 is 0 Å². The van der Waals surface area contributed by atoms with E-state index in [9.17, 15) is 20.4 Å². The maximum atomic E-state index is 10.4. The normalized spacial score (nSPS) is 30.0. The predicted molar refractivity (Wildman–Crippen MR) is 119 cm³/mol. The van der Waals surface area contributed by atoms with Crippen molar-refractivity contribution >= 4 is 0 Å². The monoisotopic (exact) mass is 438 g/mol. The van der Waals surface area contributed by atoms with Gasteiger partial charge < -0.3 is 29.9 Å². The van der Waals surface area contributed by atoms with Crippen LogP contribution in [0.3, 0.4) is 0 Å². The van der Waals surface area contributed by atoms with E-state index in [0.717, 1.165) is 41.7 Å². The summed E-state index contributed by atoms with van der Waals surface area (Å²) in [6.07, 6.45) is -3.00. The molecule has 0 amide bonds. The number of rotatable bonds is 4. The standard InChI is InChI=1S/C26H30O6/c1-16-4-10-19(26-25(30)24(29)23(28)22(15-27)32-26)14-20(16)13-18-7-5-17(6-8-18)9-11-21-3-2-12-31-21/h4-8,10,14,21-30H,2-3,12-13,15H2,1H3/t21-,22-,23-,24+,25-,26+/m1/s1. The number of ether oxygens (including phenoxy) is 2. The highest BCUT2D eigenvalue weighted by molar-refractivity contribution is 5.41. The van der Waals surface area contributed by atoms with Gasteiger partial charge in [0.1, 0.15) is 36.6 Å². The zero-order valence-electron chi connectivity index (χ0n) is 18.1. The average Bonchev–Trinajstić information content (AvgIpc) is 3.33. The van der Waals surface area contributed by atoms with Gasteiger partial charge in [0.25, 0.3) is 0 Å². The van der Waals surface area contributed by atoms with E-state index < -0.39 is 37.1 Å². The molecular formula is C26H30O6. The van der Waals surface area contributed by atoms with Gasteiger partial charge in [-0.15, -0.1) is 0 Å². The third kappa shape index (κ3) is 5.05. The highest BCUT2D eigenvalue weighted by atomic mass is 16.5. The van der Waals surface area contributed by atoms with Crippen LogP contribution >= 0.6 is 0 Å². The summed E-state index contributed by atoms with van der Waals surface area (Å²) < 4.78 is 11.3. The van der Waals surface area contributed by atoms with Crippen molar-refractivity contribution in [2.75, 3.05) is 13.2 Å². The molecule has 0 aromatic heterocycles. The molecule has 4 rings (SSSR count). The van der Waals surface area contributed by atoms with E-state index in [4.69, 9.17) is 9.47 Å². The minimum absolute atomic E-state index is 0.0440. The van der Waals surface area contributed by atoms with E-state index in [1.807, 2.05) is 37.3 Å². The van der Waals surface area contributed by atoms with Crippen LogP contribution in [0.2, 0.25) is 0 Å². The van der Waals surface area contributed by atoms with E-state index in [1.165, 1.54) is 0 Å². The van der Waals surface area contributed by atoms with Gasteiger partial charge in [-0.05, 0) is 60.6 Å². The molecule has 6 atom stereocenters. The SMILES string of the molecule is Cc1ccc([C@@H]2O[C@H](CO)[C@@H](O)[C@H](O)[C@H]2O)cc1Cc1ccc(C#C[C@H]2CCCO2)cc1. The lowest BCUT2D eigenvalue weighted by Crippen LogP contribution is -2.55. The summed E-state index contributed by atoms with van der Waals surface area (Å²) >= 11 is 0. The van der Waals surface area contributed by atoms with E-state index in [0.29, 0.717) is 12.0 Å². The van der Waals surface area contributed by atoms with Gasteiger partial charge in [0.2, 0.25) is 0 Å². The molecule has 0 aliphatic carbocycles. The minimum Gasteiger partial charge on any atom is -0.394 e. The zero-order valence-corrected chi connectivity index (χ0v) is 18.1. The Bertz CT molecular complexity index is 968. The van der Waals surface area contributed by atoms with Gasteiger partial charge in [0.15, 0.2) is 0 Å². The molecule has 2 aromatic carbocycles. The molecule has 0 bridgehead atoms. The predicted octanol–water partition coefficient (Wildman–Crippen LogP) is 1.63. The van der Waals surface area contributed by atoms with Gasteiger partial charge in [0, 0.05) is 12.2 Å². The molecule has 0 spiro atoms. The average molecular weight is 439 g/mol. The fourth-order valence-corrected chi connectivity index (χ4v) is 4.22. The first-order valence-corrected chi connectivity index (χ1v) is 11.1. The van der Waals surface area contributed by atoms with Crippen LogP contribution in [0.15, 0.2) is 42.5 Å². The molecule has 170 valence electrons. The van der Waals surface area contributed by atoms with Gasteiger partial charge in [0.05, 0.1) is 6.61 Å². The van der Waals surface area contributed by atoms with Crippen LogP contribution in [0.5, 0.6) is 0 Å². The first kappa shape index (κ1) is 22.9. The van der Waals surface area contributed by atoms with Crippen molar-refractivity contribution in [3.05, 3.63) is 70.3 Å². The fraction of sp³-hybridized carbons (Fsp3) is 0.462. The number of benzene rings is 2. The topological polar surface area (TPSA) is 99.4 Å². The summed E-state index contributed by atoms with van der Waals surface area (Å²) in [4.78, 5) is 0. The number of aryl methyl sites for hydroxylation is 1. The summed E-state index contributed by atoms with van der Waals surface area (Å²) in [7, 11) is 0. The van der Waals surface area contributed by atoms with Crippen molar-refractivity contribution in [2.24, 2.45) is 0 Å². The van der Waals surface area contributed by atoms with E-state index in [-0.39, 0.29) is 6.10 Å². The number of aliphatic hydroxyl groups is 4. The molecule has 0 radical (unpaired) electrons. The maximum Gasteiger partial charge on any atom is 0.118 e. The summed E-state index contributed by atoms with van der Waals surface area (Å²) in [6.45, 7) is 2.37. The third-order valence-corrected chi connectivity index (χ3v) is 6.25. The van der Waals surface area contributed by atoms with Crippen molar-refractivity contribution in [1.29, 1.82) is 0 Å². The molecule has 6 nitrogen and oxygen atoms in total. The summed E-state index contributed by atoms with van der Waals surface area (Å²) in [5.74, 6) is 6.35. The van der Waals surface area contributed by atoms with Crippen molar-refractivity contribution in [3.63, 3.8) is 0 Å². The van der Waals surface area contributed by atoms with Gasteiger partial charge in [-0.2, -0.15) is 0 Å². The van der Waals surface area contributed by atoms with Crippen LogP contribution in [0.1, 0.15) is 46.8 Å². The van der Waals surface area contributed by atoms with Gasteiger partial charge in [-0.1, -0.05) is 42.2 Å². The zero-order chi connectivity index (χ0) is 22.7. The largest absolute Gasteiger partial charge is 0.394 e. The second-order valence-corrected chi connectivity index (χ2v) is 8.58. The summed E-state index contributed by atoms with van der Waals surface area (Å²) in [5, 5.41) is 40.0. The maximum absolute atomic E-state index is 10.4. The van der Waals surface area contributed by atoms with Crippen molar-refractivity contribution in [2.45, 2.75) is 62.8 Å². The van der Waals surface area contributed by atoms with E-state index in [1.54, 1.807) is 0 Å². The van der Waals surface area contributed by atoms with Crippen molar-refractivity contribution in [3.8, 4) is 11.8 Å². The number of hydrogen-bond acceptors (Lipinski definition) is 6. The van der Waals surface area contributed by atoms with Crippen LogP contribution in [-0.2, 0) is 15.9 Å². The third-order valence-electron chi connectivity index (χ3n) is 6.25. The molecule has 2 heterocycles. The highest BCUT2D eigenvalue weighted by Gasteiger charge is 2.43. The molecular weight excluding hydrogens is 408 g/mol. The first-order valence-electron chi connectivity index (χ1n) is 11.1. The van der Waals surface area contributed by atoms with Crippen LogP contribution < -0.4 is 0 Å². The Morgan fingerprint density at radius 3 is 2.47 bits per heavy atom. The molecule has 6 heteroatoms. The molecule has 0 saturated carbocycles. The lowest BCUT2D eigenvalue weighted by Gasteiger charge is -2.40. The Morgan fingerprint density at radius 1 is 1.00 bits per heavy atom. The summed E-state index contributed by atoms with van der Waals surface area (Å²) in [5.41, 5.74) is 4.94. The van der Waals surface area contributed by atoms with E-state index in [2.05, 4.69) is 24.0 Å². The molecule has 2 aliphatic heterocycles. The molecule has 2 aromatic rings. The molecule has 2 aliphatic rings. The Balaban J connectivity index is 1.49. The molecule has 2 saturated heterocycles. The summed E-state index contributed by atoms with van der Waals surface area (Å²) in [6, 6.07) is 13.9. The molecule has 4 N–H and O–H groups in total. The van der Waals surface area contributed by atoms with Gasteiger partial charge in [-0.25, -0.2) is 0 Å². The Hall–Kier alpha value is -2.24. The Morgan fingerprint density at radius 2 is 1.78 bits per heavy atom. The van der Waals surface area contributed by atoms with Crippen molar-refractivity contribution in [1.82, 2.24) is 0 Å². The highest BCUT2D eigenvalue weighted by Crippen LogP contribution is 2.33.